The Morgan fingerprint density at radius 2 is 1.94 bits per heavy atom. The molecule has 90 valence electrons. The summed E-state index contributed by atoms with van der Waals surface area (Å²) < 4.78 is 37.6. The molecule has 0 amide bonds. The molecular weight excluding hydrogens is 253 g/mol. The third kappa shape index (κ3) is 2.02. The summed E-state index contributed by atoms with van der Waals surface area (Å²) in [4.78, 5) is 4.08. The monoisotopic (exact) mass is 260 g/mol. The highest BCUT2D eigenvalue weighted by molar-refractivity contribution is 6.35. The van der Waals surface area contributed by atoms with E-state index >= 15 is 0 Å². The first-order chi connectivity index (χ1) is 7.80. The summed E-state index contributed by atoms with van der Waals surface area (Å²) >= 11 is 5.85. The fourth-order valence-corrected chi connectivity index (χ4v) is 1.71. The molecule has 0 aliphatic heterocycles. The molecule has 0 atom stereocenters. The van der Waals surface area contributed by atoms with Gasteiger partial charge in [0.05, 0.1) is 27.5 Å². The SMILES string of the molecule is Cc1nc2ccc(C(F)(F)F)cc2c(N)c1Cl. The zero-order chi connectivity index (χ0) is 12.8. The van der Waals surface area contributed by atoms with Gasteiger partial charge in [-0.3, -0.25) is 4.98 Å². The number of anilines is 1. The van der Waals surface area contributed by atoms with E-state index in [-0.39, 0.29) is 16.1 Å². The molecule has 0 unspecified atom stereocenters. The van der Waals surface area contributed by atoms with E-state index in [0.29, 0.717) is 11.2 Å². The third-order valence-corrected chi connectivity index (χ3v) is 2.93. The van der Waals surface area contributed by atoms with Crippen molar-refractivity contribution in [2.45, 2.75) is 13.1 Å². The Morgan fingerprint density at radius 3 is 2.53 bits per heavy atom. The molecule has 1 aromatic carbocycles. The second kappa shape index (κ2) is 3.77. The Morgan fingerprint density at radius 1 is 1.29 bits per heavy atom. The molecular formula is C11H8ClF3N2. The van der Waals surface area contributed by atoms with E-state index in [1.165, 1.54) is 6.07 Å². The predicted octanol–water partition coefficient (Wildman–Crippen LogP) is 3.80. The zero-order valence-electron chi connectivity index (χ0n) is 8.77. The molecule has 17 heavy (non-hydrogen) atoms. The first-order valence-corrected chi connectivity index (χ1v) is 5.11. The summed E-state index contributed by atoms with van der Waals surface area (Å²) in [5, 5.41) is 0.409. The number of nitrogen functional groups attached to an aromatic ring is 1. The topological polar surface area (TPSA) is 38.9 Å². The van der Waals surface area contributed by atoms with Crippen LogP contribution in [0.5, 0.6) is 0 Å². The molecule has 2 rings (SSSR count). The van der Waals surface area contributed by atoms with Gasteiger partial charge in [-0.15, -0.1) is 0 Å². The van der Waals surface area contributed by atoms with E-state index < -0.39 is 11.7 Å². The fraction of sp³-hybridized carbons (Fsp3) is 0.182. The highest BCUT2D eigenvalue weighted by Crippen LogP contribution is 2.35. The van der Waals surface area contributed by atoms with Crippen molar-refractivity contribution < 1.29 is 13.2 Å². The van der Waals surface area contributed by atoms with E-state index in [1.54, 1.807) is 6.92 Å². The number of nitrogens with two attached hydrogens (primary N) is 1. The largest absolute Gasteiger partial charge is 0.416 e. The number of pyridine rings is 1. The van der Waals surface area contributed by atoms with Crippen molar-refractivity contribution in [3.8, 4) is 0 Å². The number of hydrogen-bond donors (Lipinski definition) is 1. The molecule has 1 heterocycles. The smallest absolute Gasteiger partial charge is 0.397 e. The van der Waals surface area contributed by atoms with Gasteiger partial charge in [0.2, 0.25) is 0 Å². The zero-order valence-corrected chi connectivity index (χ0v) is 9.52. The number of hydrogen-bond acceptors (Lipinski definition) is 2. The van der Waals surface area contributed by atoms with Gasteiger partial charge in [0, 0.05) is 5.39 Å². The van der Waals surface area contributed by atoms with Crippen molar-refractivity contribution >= 4 is 28.2 Å². The number of nitrogens with zero attached hydrogens (tertiary/aromatic N) is 1. The van der Waals surface area contributed by atoms with Crippen LogP contribution in [0.15, 0.2) is 18.2 Å². The highest BCUT2D eigenvalue weighted by atomic mass is 35.5. The molecule has 0 saturated heterocycles. The molecule has 0 aliphatic rings. The van der Waals surface area contributed by atoms with Gasteiger partial charge >= 0.3 is 6.18 Å². The van der Waals surface area contributed by atoms with Crippen molar-refractivity contribution in [2.75, 3.05) is 5.73 Å². The third-order valence-electron chi connectivity index (χ3n) is 2.46. The van der Waals surface area contributed by atoms with Crippen molar-refractivity contribution in [3.63, 3.8) is 0 Å². The van der Waals surface area contributed by atoms with E-state index in [0.717, 1.165) is 12.1 Å². The average molecular weight is 261 g/mol. The van der Waals surface area contributed by atoms with Crippen LogP contribution in [0.4, 0.5) is 18.9 Å². The summed E-state index contributed by atoms with van der Waals surface area (Å²) in [6, 6.07) is 3.23. The van der Waals surface area contributed by atoms with E-state index in [4.69, 9.17) is 17.3 Å². The lowest BCUT2D eigenvalue weighted by Crippen LogP contribution is -2.05. The number of aromatic nitrogens is 1. The molecule has 0 spiro atoms. The number of alkyl halides is 3. The van der Waals surface area contributed by atoms with Gasteiger partial charge in [-0.2, -0.15) is 13.2 Å². The standard InChI is InChI=1S/C11H8ClF3N2/c1-5-9(12)10(16)7-4-6(11(13,14)15)2-3-8(7)17-5/h2-4H,1H3,(H2,16,17). The van der Waals surface area contributed by atoms with Crippen LogP contribution in [0.1, 0.15) is 11.3 Å². The summed E-state index contributed by atoms with van der Waals surface area (Å²) in [6.45, 7) is 1.65. The Kier molecular flexibility index (Phi) is 2.66. The maximum Gasteiger partial charge on any atom is 0.416 e. The number of halogens is 4. The van der Waals surface area contributed by atoms with Crippen molar-refractivity contribution in [3.05, 3.63) is 34.5 Å². The minimum atomic E-state index is -4.40. The normalized spacial score (nSPS) is 12.1. The second-order valence-corrected chi connectivity index (χ2v) is 4.03. The molecule has 1 aromatic heterocycles. The van der Waals surface area contributed by atoms with Gasteiger partial charge in [-0.25, -0.2) is 0 Å². The van der Waals surface area contributed by atoms with Crippen LogP contribution in [-0.2, 0) is 6.18 Å². The van der Waals surface area contributed by atoms with Crippen molar-refractivity contribution in [1.29, 1.82) is 0 Å². The van der Waals surface area contributed by atoms with Gasteiger partial charge in [0.15, 0.2) is 0 Å². The Hall–Kier alpha value is -1.49. The van der Waals surface area contributed by atoms with Gasteiger partial charge in [-0.05, 0) is 25.1 Å². The van der Waals surface area contributed by atoms with Crippen LogP contribution in [0.25, 0.3) is 10.9 Å². The molecule has 0 saturated carbocycles. The van der Waals surface area contributed by atoms with Crippen LogP contribution in [0.2, 0.25) is 5.02 Å². The number of benzene rings is 1. The minimum absolute atomic E-state index is 0.125. The maximum atomic E-state index is 12.5. The van der Waals surface area contributed by atoms with Crippen LogP contribution >= 0.6 is 11.6 Å². The lowest BCUT2D eigenvalue weighted by atomic mass is 10.1. The van der Waals surface area contributed by atoms with Crippen LogP contribution in [0, 0.1) is 6.92 Å². The average Bonchev–Trinajstić information content (AvgIpc) is 2.24. The summed E-state index contributed by atoms with van der Waals surface area (Å²) in [7, 11) is 0. The molecule has 0 fully saturated rings. The van der Waals surface area contributed by atoms with E-state index in [1.807, 2.05) is 0 Å². The number of fused-ring (bicyclic) bond motifs is 1. The quantitative estimate of drug-likeness (QED) is 0.782. The van der Waals surface area contributed by atoms with E-state index in [9.17, 15) is 13.2 Å². The van der Waals surface area contributed by atoms with Crippen molar-refractivity contribution in [1.82, 2.24) is 4.98 Å². The second-order valence-electron chi connectivity index (χ2n) is 3.65. The molecule has 0 radical (unpaired) electrons. The molecule has 2 aromatic rings. The molecule has 2 N–H and O–H groups in total. The molecule has 0 aliphatic carbocycles. The lowest BCUT2D eigenvalue weighted by molar-refractivity contribution is -0.137. The lowest BCUT2D eigenvalue weighted by Gasteiger charge is -2.10. The summed E-state index contributed by atoms with van der Waals surface area (Å²) in [6.07, 6.45) is -4.40. The summed E-state index contributed by atoms with van der Waals surface area (Å²) in [5.41, 5.74) is 5.95. The highest BCUT2D eigenvalue weighted by Gasteiger charge is 2.30. The molecule has 0 bridgehead atoms. The van der Waals surface area contributed by atoms with Crippen LogP contribution in [-0.4, -0.2) is 4.98 Å². The Labute approximate surface area is 100 Å². The minimum Gasteiger partial charge on any atom is -0.397 e. The maximum absolute atomic E-state index is 12.5. The predicted molar refractivity (Wildman–Crippen MR) is 60.9 cm³/mol. The first kappa shape index (κ1) is 12.0. The Balaban J connectivity index is 2.78. The van der Waals surface area contributed by atoms with Gasteiger partial charge in [0.1, 0.15) is 0 Å². The first-order valence-electron chi connectivity index (χ1n) is 4.73. The van der Waals surface area contributed by atoms with Crippen LogP contribution < -0.4 is 5.73 Å². The number of aryl methyl sites for hydroxylation is 1. The summed E-state index contributed by atoms with van der Waals surface area (Å²) in [5.74, 6) is 0. The Bertz CT molecular complexity index is 593. The number of rotatable bonds is 0. The fourth-order valence-electron chi connectivity index (χ4n) is 1.57. The van der Waals surface area contributed by atoms with Crippen molar-refractivity contribution in [2.24, 2.45) is 0 Å². The van der Waals surface area contributed by atoms with Gasteiger partial charge in [-0.1, -0.05) is 11.6 Å². The molecule has 6 heteroatoms. The molecule has 2 nitrogen and oxygen atoms in total. The van der Waals surface area contributed by atoms with Gasteiger partial charge < -0.3 is 5.73 Å². The van der Waals surface area contributed by atoms with E-state index in [2.05, 4.69) is 4.98 Å². The van der Waals surface area contributed by atoms with Crippen LogP contribution in [0.3, 0.4) is 0 Å². The van der Waals surface area contributed by atoms with Gasteiger partial charge in [0.25, 0.3) is 0 Å².